The molecule has 0 heterocycles. The number of carbonyl (C=O) groups excluding carboxylic acids is 2. The van der Waals surface area contributed by atoms with Crippen molar-refractivity contribution in [3.05, 3.63) is 94.5 Å². The van der Waals surface area contributed by atoms with E-state index in [1.54, 1.807) is 57.2 Å². The van der Waals surface area contributed by atoms with Gasteiger partial charge in [0.1, 0.15) is 12.1 Å². The lowest BCUT2D eigenvalue weighted by Gasteiger charge is -2.29. The fourth-order valence-corrected chi connectivity index (χ4v) is 5.64. The van der Waals surface area contributed by atoms with Crippen LogP contribution in [0.25, 0.3) is 0 Å². The van der Waals surface area contributed by atoms with Crippen LogP contribution in [-0.4, -0.2) is 78.7 Å². The van der Waals surface area contributed by atoms with E-state index in [2.05, 4.69) is 0 Å². The Kier molecular flexibility index (Phi) is 11.0. The van der Waals surface area contributed by atoms with Crippen molar-refractivity contribution >= 4 is 39.4 Å². The molecule has 1 atom stereocenters. The second kappa shape index (κ2) is 14.0. The quantitative estimate of drug-likeness (QED) is 0.306. The lowest BCUT2D eigenvalue weighted by atomic mass is 10.1. The molecule has 10 nitrogen and oxygen atoms in total. The molecule has 0 aliphatic heterocycles. The molecule has 0 radical (unpaired) electrons. The minimum Gasteiger partial charge on any atom is -0.480 e. The van der Waals surface area contributed by atoms with Crippen LogP contribution in [-0.2, 0) is 25.8 Å². The molecule has 3 aromatic carbocycles. The Labute approximate surface area is 256 Å². The average Bonchev–Trinajstić information content (AvgIpc) is 2.93. The van der Waals surface area contributed by atoms with Gasteiger partial charge < -0.3 is 24.7 Å². The number of aliphatic hydroxyl groups is 1. The van der Waals surface area contributed by atoms with Crippen molar-refractivity contribution in [3.63, 3.8) is 0 Å². The van der Waals surface area contributed by atoms with Crippen LogP contribution < -0.4 is 0 Å². The fraction of sp³-hybridized carbons (Fsp3) is 0.323. The molecule has 3 aromatic rings. The van der Waals surface area contributed by atoms with Crippen LogP contribution in [0.5, 0.6) is 0 Å². The summed E-state index contributed by atoms with van der Waals surface area (Å²) in [6.07, 6.45) is -1.26. The van der Waals surface area contributed by atoms with Crippen LogP contribution in [0.4, 0.5) is 4.79 Å². The number of carbonyl (C=O) groups is 3. The van der Waals surface area contributed by atoms with Gasteiger partial charge in [-0.05, 0) is 80.8 Å². The first kappa shape index (κ1) is 33.6. The molecule has 0 aliphatic carbocycles. The van der Waals surface area contributed by atoms with Gasteiger partial charge in [-0.15, -0.1) is 0 Å². The molecule has 43 heavy (non-hydrogen) atoms. The number of halogens is 1. The van der Waals surface area contributed by atoms with Gasteiger partial charge in [0, 0.05) is 24.2 Å². The standard InChI is InChI=1S/C31H35ClN2O8S/c1-31(2,3)42-30(39)34(19-27(35)22-7-5-9-24(32)17-22)16-15-21-11-13-25(14-12-21)43(40,41)26-10-6-8-23(18-26)29(38)33(4)20-28(36)37/h5-14,17-18,27,35H,15-16,19-20H2,1-4H3,(H,36,37)/t27-/m0/s1. The molecule has 0 fully saturated rings. The number of sulfone groups is 1. The lowest BCUT2D eigenvalue weighted by Crippen LogP contribution is -2.40. The van der Waals surface area contributed by atoms with Gasteiger partial charge in [-0.2, -0.15) is 0 Å². The summed E-state index contributed by atoms with van der Waals surface area (Å²) in [5.41, 5.74) is 0.586. The highest BCUT2D eigenvalue weighted by molar-refractivity contribution is 7.91. The molecule has 2 N–H and O–H groups in total. The summed E-state index contributed by atoms with van der Waals surface area (Å²) in [5, 5.41) is 20.2. The number of hydrogen-bond acceptors (Lipinski definition) is 7. The van der Waals surface area contributed by atoms with Crippen molar-refractivity contribution in [1.82, 2.24) is 9.80 Å². The maximum Gasteiger partial charge on any atom is 0.410 e. The van der Waals surface area contributed by atoms with Gasteiger partial charge in [0.2, 0.25) is 9.84 Å². The maximum absolute atomic E-state index is 13.3. The Bertz CT molecular complexity index is 1570. The number of likely N-dealkylation sites (N-methyl/N-ethyl adjacent to an activating group) is 1. The third kappa shape index (κ3) is 9.54. The number of benzene rings is 3. The number of hydrogen-bond donors (Lipinski definition) is 2. The summed E-state index contributed by atoms with van der Waals surface area (Å²) in [5.74, 6) is -1.81. The van der Waals surface area contributed by atoms with Crippen molar-refractivity contribution in [1.29, 1.82) is 0 Å². The van der Waals surface area contributed by atoms with Gasteiger partial charge >= 0.3 is 12.1 Å². The van der Waals surface area contributed by atoms with Crippen LogP contribution in [0.3, 0.4) is 0 Å². The van der Waals surface area contributed by atoms with Crippen molar-refractivity contribution in [2.75, 3.05) is 26.7 Å². The number of ether oxygens (including phenoxy) is 1. The molecule has 0 saturated carbocycles. The van der Waals surface area contributed by atoms with E-state index in [1.807, 2.05) is 0 Å². The Morgan fingerprint density at radius 2 is 1.60 bits per heavy atom. The number of carboxylic acids is 1. The largest absolute Gasteiger partial charge is 0.480 e. The Balaban J connectivity index is 1.76. The highest BCUT2D eigenvalue weighted by Crippen LogP contribution is 2.24. The molecule has 0 aromatic heterocycles. The number of aliphatic carboxylic acids is 1. The molecule has 2 amide bonds. The zero-order chi connectivity index (χ0) is 31.9. The monoisotopic (exact) mass is 630 g/mol. The summed E-state index contributed by atoms with van der Waals surface area (Å²) < 4.78 is 32.2. The van der Waals surface area contributed by atoms with Gasteiger partial charge in [-0.3, -0.25) is 9.59 Å². The Morgan fingerprint density at radius 3 is 2.21 bits per heavy atom. The van der Waals surface area contributed by atoms with Crippen molar-refractivity contribution < 1.29 is 37.8 Å². The van der Waals surface area contributed by atoms with E-state index < -0.39 is 46.1 Å². The Morgan fingerprint density at radius 1 is 0.953 bits per heavy atom. The molecular formula is C31H35ClN2O8S. The van der Waals surface area contributed by atoms with E-state index in [0.717, 1.165) is 10.5 Å². The van der Waals surface area contributed by atoms with Crippen molar-refractivity contribution in [2.45, 2.75) is 48.7 Å². The molecule has 3 rings (SSSR count). The Hall–Kier alpha value is -3.93. The minimum absolute atomic E-state index is 0.000108. The van der Waals surface area contributed by atoms with E-state index in [1.165, 1.54) is 48.3 Å². The van der Waals surface area contributed by atoms with Gasteiger partial charge in [-0.1, -0.05) is 41.9 Å². The van der Waals surface area contributed by atoms with Crippen molar-refractivity contribution in [3.8, 4) is 0 Å². The first-order valence-corrected chi connectivity index (χ1v) is 15.3. The molecule has 0 unspecified atom stereocenters. The zero-order valence-electron chi connectivity index (χ0n) is 24.4. The van der Waals surface area contributed by atoms with E-state index in [4.69, 9.17) is 21.4 Å². The van der Waals surface area contributed by atoms with Gasteiger partial charge in [0.25, 0.3) is 5.91 Å². The predicted octanol–water partition coefficient (Wildman–Crippen LogP) is 4.84. The summed E-state index contributed by atoms with van der Waals surface area (Å²) in [6.45, 7) is 4.86. The smallest absolute Gasteiger partial charge is 0.410 e. The fourth-order valence-electron chi connectivity index (χ4n) is 4.14. The topological polar surface area (TPSA) is 142 Å². The third-order valence-corrected chi connectivity index (χ3v) is 8.30. The van der Waals surface area contributed by atoms with Crippen molar-refractivity contribution in [2.24, 2.45) is 0 Å². The maximum atomic E-state index is 13.3. The zero-order valence-corrected chi connectivity index (χ0v) is 25.9. The predicted molar refractivity (Wildman–Crippen MR) is 161 cm³/mol. The second-order valence-corrected chi connectivity index (χ2v) is 13.4. The van der Waals surface area contributed by atoms with Gasteiger partial charge in [0.15, 0.2) is 0 Å². The van der Waals surface area contributed by atoms with Crippen LogP contribution in [0, 0.1) is 0 Å². The number of aliphatic hydroxyl groups excluding tert-OH is 1. The molecule has 12 heteroatoms. The number of carboxylic acid groups (broad SMARTS) is 1. The van der Waals surface area contributed by atoms with E-state index >= 15 is 0 Å². The summed E-state index contributed by atoms with van der Waals surface area (Å²) >= 11 is 6.06. The average molecular weight is 631 g/mol. The molecule has 0 saturated heterocycles. The molecular weight excluding hydrogens is 596 g/mol. The van der Waals surface area contributed by atoms with Crippen LogP contribution in [0.2, 0.25) is 5.02 Å². The van der Waals surface area contributed by atoms with Gasteiger partial charge in [-0.25, -0.2) is 13.2 Å². The molecule has 0 bridgehead atoms. The SMILES string of the molecule is CN(CC(=O)O)C(=O)c1cccc(S(=O)(=O)c2ccc(CCN(C[C@H](O)c3cccc(Cl)c3)C(=O)OC(C)(C)C)cc2)c1. The minimum atomic E-state index is -3.99. The molecule has 230 valence electrons. The third-order valence-electron chi connectivity index (χ3n) is 6.29. The highest BCUT2D eigenvalue weighted by Gasteiger charge is 2.25. The lowest BCUT2D eigenvalue weighted by molar-refractivity contribution is -0.137. The summed E-state index contributed by atoms with van der Waals surface area (Å²) in [7, 11) is -2.67. The molecule has 0 spiro atoms. The van der Waals surface area contributed by atoms with E-state index in [-0.39, 0.29) is 28.4 Å². The second-order valence-electron chi connectivity index (χ2n) is 11.0. The van der Waals surface area contributed by atoms with Crippen LogP contribution in [0.15, 0.2) is 82.6 Å². The normalized spacial score (nSPS) is 12.3. The number of nitrogens with zero attached hydrogens (tertiary/aromatic N) is 2. The van der Waals surface area contributed by atoms with E-state index in [9.17, 15) is 27.9 Å². The summed E-state index contributed by atoms with van der Waals surface area (Å²) in [4.78, 5) is 38.7. The summed E-state index contributed by atoms with van der Waals surface area (Å²) in [6, 6.07) is 18.3. The first-order chi connectivity index (χ1) is 20.1. The van der Waals surface area contributed by atoms with Crippen LogP contribution in [0.1, 0.15) is 48.4 Å². The molecule has 0 aliphatic rings. The van der Waals surface area contributed by atoms with E-state index in [0.29, 0.717) is 17.0 Å². The van der Waals surface area contributed by atoms with Crippen LogP contribution >= 0.6 is 11.6 Å². The van der Waals surface area contributed by atoms with Gasteiger partial charge in [0.05, 0.1) is 22.4 Å². The highest BCUT2D eigenvalue weighted by atomic mass is 35.5. The first-order valence-electron chi connectivity index (χ1n) is 13.4. The number of rotatable bonds is 11. The number of amides is 2.